The third-order valence-electron chi connectivity index (χ3n) is 3.31. The Morgan fingerprint density at radius 3 is 2.52 bits per heavy atom. The molecule has 0 bridgehead atoms. The van der Waals surface area contributed by atoms with Gasteiger partial charge in [0.2, 0.25) is 0 Å². The summed E-state index contributed by atoms with van der Waals surface area (Å²) in [5.41, 5.74) is 1.27. The van der Waals surface area contributed by atoms with Crippen molar-refractivity contribution in [2.45, 2.75) is 24.2 Å². The van der Waals surface area contributed by atoms with E-state index in [2.05, 4.69) is 17.1 Å². The molecule has 0 aliphatic carbocycles. The van der Waals surface area contributed by atoms with Crippen LogP contribution in [0.15, 0.2) is 59.8 Å². The van der Waals surface area contributed by atoms with E-state index in [1.165, 1.54) is 5.56 Å². The second-order valence-corrected chi connectivity index (χ2v) is 6.00. The monoisotopic (exact) mass is 301 g/mol. The molecule has 21 heavy (non-hydrogen) atoms. The fraction of sp³-hybridized carbons (Fsp3) is 0.294. The zero-order valence-corrected chi connectivity index (χ0v) is 12.6. The molecule has 1 aromatic heterocycles. The lowest BCUT2D eigenvalue weighted by Crippen LogP contribution is -2.16. The van der Waals surface area contributed by atoms with Gasteiger partial charge < -0.3 is 5.11 Å². The Kier molecular flexibility index (Phi) is 6.28. The Balaban J connectivity index is 1.78. The lowest BCUT2D eigenvalue weighted by atomic mass is 10.0. The number of aromatic nitrogens is 1. The maximum absolute atomic E-state index is 11.3. The quantitative estimate of drug-likeness (QED) is 0.751. The van der Waals surface area contributed by atoms with Crippen LogP contribution in [0, 0.1) is 5.92 Å². The Morgan fingerprint density at radius 1 is 1.14 bits per heavy atom. The van der Waals surface area contributed by atoms with Crippen LogP contribution in [0.5, 0.6) is 0 Å². The number of hydrogen-bond donors (Lipinski definition) is 1. The molecule has 0 radical (unpaired) electrons. The SMILES string of the molecule is O=C(O)C(CCCc1ccccc1)CSc1ccncc1. The number of pyridine rings is 1. The predicted molar refractivity (Wildman–Crippen MR) is 85.5 cm³/mol. The number of benzene rings is 1. The molecule has 3 nitrogen and oxygen atoms in total. The maximum atomic E-state index is 11.3. The smallest absolute Gasteiger partial charge is 0.307 e. The number of thioether (sulfide) groups is 1. The lowest BCUT2D eigenvalue weighted by Gasteiger charge is -2.11. The average molecular weight is 301 g/mol. The van der Waals surface area contributed by atoms with Gasteiger partial charge in [-0.05, 0) is 37.0 Å². The Bertz CT molecular complexity index is 545. The third kappa shape index (κ3) is 5.60. The summed E-state index contributed by atoms with van der Waals surface area (Å²) in [6.45, 7) is 0. The van der Waals surface area contributed by atoms with Gasteiger partial charge in [0.05, 0.1) is 5.92 Å². The number of carboxylic acid groups (broad SMARTS) is 1. The Hall–Kier alpha value is -1.81. The van der Waals surface area contributed by atoms with Crippen molar-refractivity contribution >= 4 is 17.7 Å². The van der Waals surface area contributed by atoms with Gasteiger partial charge in [-0.15, -0.1) is 11.8 Å². The summed E-state index contributed by atoms with van der Waals surface area (Å²) in [5.74, 6) is -0.398. The second-order valence-electron chi connectivity index (χ2n) is 4.91. The highest BCUT2D eigenvalue weighted by molar-refractivity contribution is 7.99. The summed E-state index contributed by atoms with van der Waals surface area (Å²) >= 11 is 1.58. The first-order valence-electron chi connectivity index (χ1n) is 7.05. The van der Waals surface area contributed by atoms with Crippen molar-refractivity contribution in [2.24, 2.45) is 5.92 Å². The summed E-state index contributed by atoms with van der Waals surface area (Å²) in [7, 11) is 0. The molecule has 2 aromatic rings. The molecule has 0 saturated heterocycles. The minimum absolute atomic E-state index is 0.299. The fourth-order valence-electron chi connectivity index (χ4n) is 2.11. The van der Waals surface area contributed by atoms with Gasteiger partial charge in [-0.2, -0.15) is 0 Å². The average Bonchev–Trinajstić information content (AvgIpc) is 2.52. The van der Waals surface area contributed by atoms with E-state index in [0.717, 1.165) is 17.7 Å². The fourth-order valence-corrected chi connectivity index (χ4v) is 3.12. The van der Waals surface area contributed by atoms with Gasteiger partial charge in [-0.25, -0.2) is 0 Å². The van der Waals surface area contributed by atoms with Gasteiger partial charge in [-0.3, -0.25) is 9.78 Å². The standard InChI is InChI=1S/C17H19NO2S/c19-17(20)15(13-21-16-9-11-18-12-10-16)8-4-7-14-5-2-1-3-6-14/h1-3,5-6,9-12,15H,4,7-8,13H2,(H,19,20). The zero-order valence-electron chi connectivity index (χ0n) is 11.8. The molecule has 1 atom stereocenters. The Morgan fingerprint density at radius 2 is 1.86 bits per heavy atom. The molecule has 4 heteroatoms. The molecule has 0 saturated carbocycles. The van der Waals surface area contributed by atoms with Crippen molar-refractivity contribution in [3.63, 3.8) is 0 Å². The van der Waals surface area contributed by atoms with Crippen LogP contribution in [-0.4, -0.2) is 21.8 Å². The summed E-state index contributed by atoms with van der Waals surface area (Å²) in [6, 6.07) is 14.0. The van der Waals surface area contributed by atoms with Crippen LogP contribution in [-0.2, 0) is 11.2 Å². The van der Waals surface area contributed by atoms with Gasteiger partial charge in [-0.1, -0.05) is 30.3 Å². The van der Waals surface area contributed by atoms with Crippen molar-refractivity contribution < 1.29 is 9.90 Å². The number of carbonyl (C=O) groups is 1. The molecule has 0 spiro atoms. The summed E-state index contributed by atoms with van der Waals surface area (Å²) < 4.78 is 0. The molecule has 1 N–H and O–H groups in total. The zero-order chi connectivity index (χ0) is 14.9. The van der Waals surface area contributed by atoms with Crippen LogP contribution < -0.4 is 0 Å². The van der Waals surface area contributed by atoms with Crippen molar-refractivity contribution in [2.75, 3.05) is 5.75 Å². The molecule has 0 aliphatic heterocycles. The number of aryl methyl sites for hydroxylation is 1. The van der Waals surface area contributed by atoms with Crippen LogP contribution in [0.2, 0.25) is 0 Å². The molecule has 1 unspecified atom stereocenters. The second kappa shape index (κ2) is 8.47. The highest BCUT2D eigenvalue weighted by atomic mass is 32.2. The van der Waals surface area contributed by atoms with E-state index in [1.54, 1.807) is 24.2 Å². The first-order valence-corrected chi connectivity index (χ1v) is 8.04. The van der Waals surface area contributed by atoms with E-state index in [-0.39, 0.29) is 5.92 Å². The topological polar surface area (TPSA) is 50.2 Å². The van der Waals surface area contributed by atoms with Crippen molar-refractivity contribution in [3.8, 4) is 0 Å². The first kappa shape index (κ1) is 15.6. The molecule has 2 rings (SSSR count). The number of hydrogen-bond acceptors (Lipinski definition) is 3. The molecular formula is C17H19NO2S. The molecule has 0 fully saturated rings. The normalized spacial score (nSPS) is 12.0. The van der Waals surface area contributed by atoms with E-state index in [1.807, 2.05) is 30.3 Å². The van der Waals surface area contributed by atoms with Crippen LogP contribution in [0.3, 0.4) is 0 Å². The van der Waals surface area contributed by atoms with Crippen LogP contribution in [0.4, 0.5) is 0 Å². The molecule has 0 amide bonds. The van der Waals surface area contributed by atoms with Crippen LogP contribution in [0.25, 0.3) is 0 Å². The van der Waals surface area contributed by atoms with Gasteiger partial charge in [0, 0.05) is 23.0 Å². The number of aliphatic carboxylic acids is 1. The van der Waals surface area contributed by atoms with Crippen LogP contribution >= 0.6 is 11.8 Å². The first-order chi connectivity index (χ1) is 10.3. The van der Waals surface area contributed by atoms with E-state index in [9.17, 15) is 9.90 Å². The van der Waals surface area contributed by atoms with E-state index < -0.39 is 5.97 Å². The number of nitrogens with zero attached hydrogens (tertiary/aromatic N) is 1. The summed E-state index contributed by atoms with van der Waals surface area (Å²) in [5, 5.41) is 9.32. The van der Waals surface area contributed by atoms with E-state index in [0.29, 0.717) is 12.2 Å². The largest absolute Gasteiger partial charge is 0.481 e. The van der Waals surface area contributed by atoms with Crippen molar-refractivity contribution in [1.29, 1.82) is 0 Å². The van der Waals surface area contributed by atoms with Gasteiger partial charge in [0.1, 0.15) is 0 Å². The summed E-state index contributed by atoms with van der Waals surface area (Å²) in [6.07, 6.45) is 6.01. The lowest BCUT2D eigenvalue weighted by molar-refractivity contribution is -0.141. The summed E-state index contributed by atoms with van der Waals surface area (Å²) in [4.78, 5) is 16.4. The third-order valence-corrected chi connectivity index (χ3v) is 4.49. The van der Waals surface area contributed by atoms with Gasteiger partial charge in [0.15, 0.2) is 0 Å². The van der Waals surface area contributed by atoms with E-state index in [4.69, 9.17) is 0 Å². The molecule has 110 valence electrons. The minimum atomic E-state index is -0.704. The Labute approximate surface area is 129 Å². The maximum Gasteiger partial charge on any atom is 0.307 e. The predicted octanol–water partition coefficient (Wildman–Crippen LogP) is 3.90. The van der Waals surface area contributed by atoms with Crippen molar-refractivity contribution in [1.82, 2.24) is 4.98 Å². The highest BCUT2D eigenvalue weighted by Gasteiger charge is 2.17. The molecular weight excluding hydrogens is 282 g/mol. The van der Waals surface area contributed by atoms with Crippen LogP contribution in [0.1, 0.15) is 18.4 Å². The van der Waals surface area contributed by atoms with E-state index >= 15 is 0 Å². The van der Waals surface area contributed by atoms with Gasteiger partial charge >= 0.3 is 5.97 Å². The highest BCUT2D eigenvalue weighted by Crippen LogP contribution is 2.23. The number of carboxylic acids is 1. The molecule has 0 aliphatic rings. The molecule has 1 heterocycles. The minimum Gasteiger partial charge on any atom is -0.481 e. The van der Waals surface area contributed by atoms with Crippen molar-refractivity contribution in [3.05, 3.63) is 60.4 Å². The van der Waals surface area contributed by atoms with Gasteiger partial charge in [0.25, 0.3) is 0 Å². The molecule has 1 aromatic carbocycles. The number of rotatable bonds is 8.